The van der Waals surface area contributed by atoms with Gasteiger partial charge in [0.15, 0.2) is 19.8 Å². The van der Waals surface area contributed by atoms with E-state index in [1.54, 1.807) is 25.3 Å². The molecule has 0 amide bonds. The topological polar surface area (TPSA) is 54.0 Å². The van der Waals surface area contributed by atoms with E-state index in [-0.39, 0.29) is 6.10 Å². The molecule has 2 rings (SSSR count). The fraction of sp³-hybridized carbons (Fsp3) is 0.519. The Bertz CT molecular complexity index is 858. The van der Waals surface area contributed by atoms with Crippen molar-refractivity contribution in [3.8, 4) is 11.5 Å². The third-order valence-electron chi connectivity index (χ3n) is 6.46. The summed E-state index contributed by atoms with van der Waals surface area (Å²) in [7, 11) is 0.967. The molecule has 2 aromatic carbocycles. The number of carbonyl (C=O) groups excluding carboxylic acids is 1. The lowest BCUT2D eigenvalue weighted by Gasteiger charge is -2.42. The number of carbonyl (C=O) groups is 1. The van der Waals surface area contributed by atoms with Gasteiger partial charge in [-0.25, -0.2) is 4.79 Å². The maximum Gasteiger partial charge on any atom is 0.337 e. The van der Waals surface area contributed by atoms with Gasteiger partial charge in [-0.1, -0.05) is 71.9 Å². The maximum absolute atomic E-state index is 11.9. The molecule has 5 nitrogen and oxygen atoms in total. The molecule has 0 aliphatic carbocycles. The Labute approximate surface area is 200 Å². The molecule has 0 aliphatic heterocycles. The summed E-state index contributed by atoms with van der Waals surface area (Å²) in [5.41, 5.74) is 3.08. The second-order valence-electron chi connectivity index (χ2n) is 9.33. The van der Waals surface area contributed by atoms with E-state index in [4.69, 9.17) is 18.6 Å². The molecule has 0 fully saturated rings. The van der Waals surface area contributed by atoms with Crippen molar-refractivity contribution in [3.05, 3.63) is 59.7 Å². The van der Waals surface area contributed by atoms with Gasteiger partial charge in [-0.05, 0) is 40.4 Å². The van der Waals surface area contributed by atoms with Crippen LogP contribution >= 0.6 is 0 Å². The Kier molecular flexibility index (Phi) is 9.99. The van der Waals surface area contributed by atoms with Crippen LogP contribution in [0.25, 0.3) is 0 Å². The minimum atomic E-state index is -1.96. The first-order valence-corrected chi connectivity index (χ1v) is 13.9. The van der Waals surface area contributed by atoms with E-state index < -0.39 is 14.3 Å². The first kappa shape index (κ1) is 26.9. The van der Waals surface area contributed by atoms with E-state index in [0.717, 1.165) is 5.56 Å². The second-order valence-corrected chi connectivity index (χ2v) is 14.8. The molecule has 0 saturated carbocycles. The molecule has 0 saturated heterocycles. The van der Waals surface area contributed by atoms with Crippen molar-refractivity contribution >= 4 is 14.3 Å². The zero-order valence-corrected chi connectivity index (χ0v) is 22.4. The predicted molar refractivity (Wildman–Crippen MR) is 136 cm³/mol. The number of hydrogen-bond acceptors (Lipinski definition) is 5. The van der Waals surface area contributed by atoms with Crippen molar-refractivity contribution < 1.29 is 23.4 Å². The highest BCUT2D eigenvalue weighted by Crippen LogP contribution is 2.43. The number of rotatable bonds is 12. The molecule has 0 bridgehead atoms. The summed E-state index contributed by atoms with van der Waals surface area (Å²) in [6, 6.07) is 15.3. The van der Waals surface area contributed by atoms with Crippen LogP contribution in [0.4, 0.5) is 0 Å². The Balaban J connectivity index is 2.28. The Morgan fingerprint density at radius 3 is 1.97 bits per heavy atom. The number of benzene rings is 2. The lowest BCUT2D eigenvalue weighted by atomic mass is 10.1. The lowest BCUT2D eigenvalue weighted by Crippen LogP contribution is -2.48. The van der Waals surface area contributed by atoms with Crippen LogP contribution in [0.3, 0.4) is 0 Å². The van der Waals surface area contributed by atoms with Crippen molar-refractivity contribution in [3.63, 3.8) is 0 Å². The standard InChI is InChI=1S/C27H40O5Si/c1-19(2)33(20(3)4,21(5)6)31-17-16-24(22-12-10-9-11-13-22)32-25-15-14-23(27(28)30-8)18-26(25)29-7/h9-15,18-21,24H,16-17H2,1-8H3/t24-/m0/s1. The van der Waals surface area contributed by atoms with Crippen LogP contribution in [0.1, 0.15) is 70.0 Å². The first-order chi connectivity index (χ1) is 15.7. The average molecular weight is 473 g/mol. The van der Waals surface area contributed by atoms with Gasteiger partial charge in [0, 0.05) is 13.0 Å². The van der Waals surface area contributed by atoms with Gasteiger partial charge >= 0.3 is 5.97 Å². The van der Waals surface area contributed by atoms with E-state index in [1.165, 1.54) is 7.11 Å². The summed E-state index contributed by atoms with van der Waals surface area (Å²) < 4.78 is 23.6. The minimum Gasteiger partial charge on any atom is -0.493 e. The van der Waals surface area contributed by atoms with Crippen LogP contribution in [0.2, 0.25) is 16.6 Å². The van der Waals surface area contributed by atoms with Crippen molar-refractivity contribution in [2.24, 2.45) is 0 Å². The fourth-order valence-corrected chi connectivity index (χ4v) is 10.4. The monoisotopic (exact) mass is 472 g/mol. The second kappa shape index (κ2) is 12.2. The molecule has 0 radical (unpaired) electrons. The number of esters is 1. The maximum atomic E-state index is 11.9. The normalized spacial score (nSPS) is 12.8. The first-order valence-electron chi connectivity index (χ1n) is 11.8. The van der Waals surface area contributed by atoms with E-state index >= 15 is 0 Å². The molecule has 0 spiro atoms. The van der Waals surface area contributed by atoms with Crippen molar-refractivity contribution in [2.45, 2.75) is 70.7 Å². The van der Waals surface area contributed by atoms with Gasteiger partial charge in [0.05, 0.1) is 19.8 Å². The molecule has 0 N–H and O–H groups in total. The van der Waals surface area contributed by atoms with E-state index in [9.17, 15) is 4.79 Å². The summed E-state index contributed by atoms with van der Waals surface area (Å²) in [5.74, 6) is 0.666. The Morgan fingerprint density at radius 2 is 1.45 bits per heavy atom. The highest BCUT2D eigenvalue weighted by Gasteiger charge is 2.45. The van der Waals surface area contributed by atoms with Crippen LogP contribution in [-0.4, -0.2) is 35.1 Å². The van der Waals surface area contributed by atoms with Gasteiger partial charge in [-0.15, -0.1) is 0 Å². The van der Waals surface area contributed by atoms with Crippen molar-refractivity contribution in [1.82, 2.24) is 0 Å². The van der Waals surface area contributed by atoms with Crippen LogP contribution in [-0.2, 0) is 9.16 Å². The Morgan fingerprint density at radius 1 is 0.848 bits per heavy atom. The van der Waals surface area contributed by atoms with Gasteiger partial charge in [0.2, 0.25) is 0 Å². The summed E-state index contributed by atoms with van der Waals surface area (Å²) in [6.45, 7) is 14.4. The smallest absolute Gasteiger partial charge is 0.337 e. The van der Waals surface area contributed by atoms with Crippen LogP contribution in [0.15, 0.2) is 48.5 Å². The van der Waals surface area contributed by atoms with E-state index in [0.29, 0.717) is 46.7 Å². The third kappa shape index (κ3) is 6.39. The zero-order valence-electron chi connectivity index (χ0n) is 21.4. The quantitative estimate of drug-likeness (QED) is 0.242. The zero-order chi connectivity index (χ0) is 24.6. The van der Waals surface area contributed by atoms with Gasteiger partial charge in [0.25, 0.3) is 0 Å². The van der Waals surface area contributed by atoms with Gasteiger partial charge in [-0.3, -0.25) is 0 Å². The summed E-state index contributed by atoms with van der Waals surface area (Å²) >= 11 is 0. The molecule has 33 heavy (non-hydrogen) atoms. The number of ether oxygens (including phenoxy) is 3. The molecule has 0 aromatic heterocycles. The summed E-state index contributed by atoms with van der Waals surface area (Å²) in [4.78, 5) is 11.9. The minimum absolute atomic E-state index is 0.206. The predicted octanol–water partition coefficient (Wildman–Crippen LogP) is 7.18. The van der Waals surface area contributed by atoms with Crippen LogP contribution in [0.5, 0.6) is 11.5 Å². The molecule has 2 aromatic rings. The summed E-state index contributed by atoms with van der Waals surface area (Å²) in [5, 5.41) is 0. The molecule has 0 unspecified atom stereocenters. The number of methoxy groups -OCH3 is 2. The highest BCUT2D eigenvalue weighted by molar-refractivity contribution is 6.77. The van der Waals surface area contributed by atoms with Gasteiger partial charge < -0.3 is 18.6 Å². The highest BCUT2D eigenvalue weighted by atomic mass is 28.4. The number of hydrogen-bond donors (Lipinski definition) is 0. The van der Waals surface area contributed by atoms with Crippen molar-refractivity contribution in [1.29, 1.82) is 0 Å². The largest absolute Gasteiger partial charge is 0.493 e. The molecule has 182 valence electrons. The van der Waals surface area contributed by atoms with E-state index in [2.05, 4.69) is 53.7 Å². The van der Waals surface area contributed by atoms with E-state index in [1.807, 2.05) is 18.2 Å². The molecule has 1 atom stereocenters. The average Bonchev–Trinajstić information content (AvgIpc) is 2.80. The lowest BCUT2D eigenvalue weighted by molar-refractivity contribution is 0.0600. The Hall–Kier alpha value is -2.31. The van der Waals surface area contributed by atoms with Crippen LogP contribution in [0, 0.1) is 0 Å². The van der Waals surface area contributed by atoms with Gasteiger partial charge in [0.1, 0.15) is 6.10 Å². The molecular formula is C27H40O5Si. The fourth-order valence-electron chi connectivity index (χ4n) is 4.97. The molecule has 0 aliphatic rings. The third-order valence-corrected chi connectivity index (χ3v) is 12.6. The van der Waals surface area contributed by atoms with Gasteiger partial charge in [-0.2, -0.15) is 0 Å². The van der Waals surface area contributed by atoms with Crippen molar-refractivity contribution in [2.75, 3.05) is 20.8 Å². The molecule has 0 heterocycles. The summed E-state index contributed by atoms with van der Waals surface area (Å²) in [6.07, 6.45) is 0.509. The SMILES string of the molecule is COC(=O)c1ccc(O[C@@H](CCO[Si](C(C)C)(C(C)C)C(C)C)c2ccccc2)c(OC)c1. The molecular weight excluding hydrogens is 432 g/mol. The van der Waals surface area contributed by atoms with Crippen LogP contribution < -0.4 is 9.47 Å². The molecule has 6 heteroatoms.